The van der Waals surface area contributed by atoms with Gasteiger partial charge in [-0.3, -0.25) is 0 Å². The number of ether oxygens (including phenoxy) is 1. The van der Waals surface area contributed by atoms with Crippen molar-refractivity contribution in [3.63, 3.8) is 0 Å². The van der Waals surface area contributed by atoms with Crippen LogP contribution >= 0.6 is 11.3 Å². The Balaban J connectivity index is 1.86. The van der Waals surface area contributed by atoms with Crippen LogP contribution < -0.4 is 15.4 Å². The first kappa shape index (κ1) is 20.8. The molecule has 0 aliphatic rings. The third-order valence-electron chi connectivity index (χ3n) is 3.98. The van der Waals surface area contributed by atoms with Gasteiger partial charge >= 0.3 is 0 Å². The van der Waals surface area contributed by atoms with E-state index in [1.807, 2.05) is 48.0 Å². The fraction of sp³-hybridized carbons (Fsp3) is 0.381. The molecular formula is C21H27N3O2S. The zero-order valence-electron chi connectivity index (χ0n) is 15.9. The Hall–Kier alpha value is -2.49. The number of hydrogen-bond donors (Lipinski definition) is 3. The number of thiophene rings is 1. The summed E-state index contributed by atoms with van der Waals surface area (Å²) in [5, 5.41) is 21.0. The number of nitrogens with zero attached hydrogens (tertiary/aromatic N) is 1. The molecule has 0 bridgehead atoms. The van der Waals surface area contributed by atoms with E-state index < -0.39 is 5.60 Å². The third-order valence-corrected chi connectivity index (χ3v) is 4.67. The minimum atomic E-state index is -0.976. The molecule has 6 heteroatoms. The van der Waals surface area contributed by atoms with E-state index in [0.29, 0.717) is 12.5 Å². The van der Waals surface area contributed by atoms with Gasteiger partial charge in [0.2, 0.25) is 0 Å². The summed E-state index contributed by atoms with van der Waals surface area (Å²) in [6.45, 7) is 5.86. The van der Waals surface area contributed by atoms with Gasteiger partial charge in [0.05, 0.1) is 6.54 Å². The molecular weight excluding hydrogens is 358 g/mol. The van der Waals surface area contributed by atoms with E-state index in [4.69, 9.17) is 11.2 Å². The van der Waals surface area contributed by atoms with Crippen LogP contribution in [0.3, 0.4) is 0 Å². The van der Waals surface area contributed by atoms with Crippen molar-refractivity contribution in [2.45, 2.75) is 25.9 Å². The monoisotopic (exact) mass is 385 g/mol. The highest BCUT2D eigenvalue weighted by molar-refractivity contribution is 7.08. The predicted molar refractivity (Wildman–Crippen MR) is 112 cm³/mol. The Morgan fingerprint density at radius 2 is 2.07 bits per heavy atom. The lowest BCUT2D eigenvalue weighted by Gasteiger charge is -2.21. The quantitative estimate of drug-likeness (QED) is 0.353. The van der Waals surface area contributed by atoms with Crippen LogP contribution in [0.1, 0.15) is 25.0 Å². The second-order valence-electron chi connectivity index (χ2n) is 6.29. The highest BCUT2D eigenvalue weighted by Gasteiger charge is 2.23. The Morgan fingerprint density at radius 1 is 1.30 bits per heavy atom. The van der Waals surface area contributed by atoms with E-state index in [0.717, 1.165) is 30.8 Å². The molecule has 1 heterocycles. The summed E-state index contributed by atoms with van der Waals surface area (Å²) >= 11 is 1.57. The second-order valence-corrected chi connectivity index (χ2v) is 7.07. The van der Waals surface area contributed by atoms with E-state index in [-0.39, 0.29) is 6.61 Å². The molecule has 5 nitrogen and oxygen atoms in total. The van der Waals surface area contributed by atoms with Crippen LogP contribution in [0.15, 0.2) is 46.1 Å². The van der Waals surface area contributed by atoms with Crippen LogP contribution in [0.4, 0.5) is 0 Å². The van der Waals surface area contributed by atoms with Crippen molar-refractivity contribution < 1.29 is 9.84 Å². The number of benzene rings is 1. The van der Waals surface area contributed by atoms with Crippen LogP contribution in [-0.4, -0.2) is 37.3 Å². The summed E-state index contributed by atoms with van der Waals surface area (Å²) in [6, 6.07) is 9.82. The lowest BCUT2D eigenvalue weighted by atomic mass is 10.00. The second kappa shape index (κ2) is 10.6. The topological polar surface area (TPSA) is 65.9 Å². The van der Waals surface area contributed by atoms with Gasteiger partial charge in [-0.1, -0.05) is 18.1 Å². The molecule has 2 aromatic rings. The maximum Gasteiger partial charge on any atom is 0.191 e. The van der Waals surface area contributed by atoms with E-state index in [9.17, 15) is 5.11 Å². The molecule has 1 atom stereocenters. The van der Waals surface area contributed by atoms with Crippen LogP contribution in [0.25, 0.3) is 0 Å². The molecule has 144 valence electrons. The van der Waals surface area contributed by atoms with Crippen molar-refractivity contribution in [3.8, 4) is 18.1 Å². The molecule has 0 aliphatic carbocycles. The minimum Gasteiger partial charge on any atom is -0.481 e. The predicted octanol–water partition coefficient (Wildman–Crippen LogP) is 2.77. The number of aliphatic imine (C=N–C) groups is 1. The van der Waals surface area contributed by atoms with Crippen molar-refractivity contribution in [2.75, 3.05) is 26.2 Å². The molecule has 0 spiro atoms. The van der Waals surface area contributed by atoms with Crippen molar-refractivity contribution in [1.82, 2.24) is 10.6 Å². The fourth-order valence-corrected chi connectivity index (χ4v) is 3.22. The number of terminal acetylenes is 1. The van der Waals surface area contributed by atoms with Crippen molar-refractivity contribution in [3.05, 3.63) is 52.2 Å². The van der Waals surface area contributed by atoms with Gasteiger partial charge in [-0.15, -0.1) is 6.42 Å². The van der Waals surface area contributed by atoms with Gasteiger partial charge < -0.3 is 20.5 Å². The van der Waals surface area contributed by atoms with Crippen LogP contribution in [-0.2, 0) is 12.0 Å². The first-order valence-corrected chi connectivity index (χ1v) is 9.92. The first-order valence-electron chi connectivity index (χ1n) is 8.97. The Kier molecular flexibility index (Phi) is 8.18. The van der Waals surface area contributed by atoms with Crippen molar-refractivity contribution in [2.24, 2.45) is 4.99 Å². The van der Waals surface area contributed by atoms with E-state index in [1.54, 1.807) is 18.3 Å². The Bertz CT molecular complexity index is 747. The molecule has 2 rings (SSSR count). The van der Waals surface area contributed by atoms with Crippen LogP contribution in [0.5, 0.6) is 5.75 Å². The number of guanidine groups is 1. The summed E-state index contributed by atoms with van der Waals surface area (Å²) < 4.78 is 5.38. The summed E-state index contributed by atoms with van der Waals surface area (Å²) in [6.07, 6.45) is 6.04. The molecule has 0 saturated carbocycles. The highest BCUT2D eigenvalue weighted by atomic mass is 32.1. The summed E-state index contributed by atoms with van der Waals surface area (Å²) in [5.74, 6) is 3.92. The summed E-state index contributed by atoms with van der Waals surface area (Å²) in [5.41, 5.74) is 1.10. The number of rotatable bonds is 9. The normalized spacial score (nSPS) is 13.5. The largest absolute Gasteiger partial charge is 0.481 e. The van der Waals surface area contributed by atoms with Crippen LogP contribution in [0, 0.1) is 12.3 Å². The Labute approximate surface area is 165 Å². The van der Waals surface area contributed by atoms with E-state index in [1.165, 1.54) is 5.56 Å². The van der Waals surface area contributed by atoms with E-state index >= 15 is 0 Å². The standard InChI is InChI=1S/C21H27N3O2S/c1-4-13-26-19-8-6-17(7-9-19)10-12-23-20(22-5-2)24-16-21(3,25)18-11-14-27-15-18/h1,6-9,11,14-15,25H,5,10,12-13,16H2,2-3H3,(H2,22,23,24). The Morgan fingerprint density at radius 3 is 2.70 bits per heavy atom. The third kappa shape index (κ3) is 6.97. The zero-order valence-corrected chi connectivity index (χ0v) is 16.7. The van der Waals surface area contributed by atoms with Gasteiger partial charge in [0.1, 0.15) is 18.0 Å². The van der Waals surface area contributed by atoms with Crippen LogP contribution in [0.2, 0.25) is 0 Å². The van der Waals surface area contributed by atoms with Gasteiger partial charge in [-0.05, 0) is 60.4 Å². The molecule has 0 aliphatic heterocycles. The molecule has 0 saturated heterocycles. The van der Waals surface area contributed by atoms with E-state index in [2.05, 4.69) is 21.5 Å². The van der Waals surface area contributed by atoms with Gasteiger partial charge in [-0.25, -0.2) is 4.99 Å². The minimum absolute atomic E-state index is 0.276. The average molecular weight is 386 g/mol. The molecule has 0 amide bonds. The van der Waals surface area contributed by atoms with Gasteiger partial charge in [0, 0.05) is 13.1 Å². The maximum atomic E-state index is 10.6. The molecule has 0 fully saturated rings. The van der Waals surface area contributed by atoms with Gasteiger partial charge in [0.25, 0.3) is 0 Å². The number of aliphatic hydroxyl groups is 1. The molecule has 1 aromatic carbocycles. The number of nitrogens with one attached hydrogen (secondary N) is 2. The first-order chi connectivity index (χ1) is 13.0. The van der Waals surface area contributed by atoms with Gasteiger partial charge in [0.15, 0.2) is 5.96 Å². The molecule has 27 heavy (non-hydrogen) atoms. The lowest BCUT2D eigenvalue weighted by Crippen LogP contribution is -2.39. The molecule has 1 unspecified atom stereocenters. The SMILES string of the molecule is C#CCOc1ccc(CCNC(=NCC(C)(O)c2ccsc2)NCC)cc1. The molecule has 0 radical (unpaired) electrons. The van der Waals surface area contributed by atoms with Crippen molar-refractivity contribution in [1.29, 1.82) is 0 Å². The lowest BCUT2D eigenvalue weighted by molar-refractivity contribution is 0.0677. The molecule has 3 N–H and O–H groups in total. The zero-order chi connectivity index (χ0) is 19.5. The highest BCUT2D eigenvalue weighted by Crippen LogP contribution is 2.23. The average Bonchev–Trinajstić information content (AvgIpc) is 3.21. The molecule has 1 aromatic heterocycles. The summed E-state index contributed by atoms with van der Waals surface area (Å²) in [7, 11) is 0. The van der Waals surface area contributed by atoms with Crippen molar-refractivity contribution >= 4 is 17.3 Å². The maximum absolute atomic E-state index is 10.6. The fourth-order valence-electron chi connectivity index (χ4n) is 2.44. The van der Waals surface area contributed by atoms with Gasteiger partial charge in [-0.2, -0.15) is 11.3 Å². The summed E-state index contributed by atoms with van der Waals surface area (Å²) in [4.78, 5) is 4.53. The smallest absolute Gasteiger partial charge is 0.191 e. The number of hydrogen-bond acceptors (Lipinski definition) is 4.